The van der Waals surface area contributed by atoms with Crippen LogP contribution in [0.2, 0.25) is 0 Å². The zero-order valence-corrected chi connectivity index (χ0v) is 15.7. The number of pyridine rings is 1. The Morgan fingerprint density at radius 3 is 2.69 bits per heavy atom. The highest BCUT2D eigenvalue weighted by atomic mass is 19.1. The Bertz CT molecular complexity index is 942. The van der Waals surface area contributed by atoms with E-state index in [2.05, 4.69) is 15.5 Å². The summed E-state index contributed by atoms with van der Waals surface area (Å²) >= 11 is 0. The first-order chi connectivity index (χ1) is 14.1. The minimum atomic E-state index is -0.368. The number of halogens is 1. The quantitative estimate of drug-likeness (QED) is 0.530. The highest BCUT2D eigenvalue weighted by Gasteiger charge is 2.18. The maximum Gasteiger partial charge on any atom is 0.252 e. The third-order valence-corrected chi connectivity index (χ3v) is 4.09. The summed E-state index contributed by atoms with van der Waals surface area (Å²) in [5, 5.41) is 16.1. The number of aromatic nitrogens is 2. The van der Waals surface area contributed by atoms with Crippen LogP contribution in [0.25, 0.3) is 11.3 Å². The van der Waals surface area contributed by atoms with Crippen LogP contribution in [0, 0.1) is 5.82 Å². The highest BCUT2D eigenvalue weighted by molar-refractivity contribution is 5.93. The Labute approximate surface area is 166 Å². The van der Waals surface area contributed by atoms with Crippen molar-refractivity contribution in [1.29, 1.82) is 0 Å². The average Bonchev–Trinajstić information content (AvgIpc) is 3.16. The van der Waals surface area contributed by atoms with Crippen molar-refractivity contribution in [3.63, 3.8) is 0 Å². The summed E-state index contributed by atoms with van der Waals surface area (Å²) in [6.45, 7) is 0.485. The minimum absolute atomic E-state index is 0.0263. The fourth-order valence-corrected chi connectivity index (χ4v) is 2.57. The molecule has 0 bridgehead atoms. The zero-order valence-electron chi connectivity index (χ0n) is 15.7. The van der Waals surface area contributed by atoms with Crippen LogP contribution in [0.15, 0.2) is 47.1 Å². The lowest BCUT2D eigenvalue weighted by atomic mass is 10.1. The number of nitrogens with one attached hydrogen (secondary N) is 1. The Morgan fingerprint density at radius 2 is 2.03 bits per heavy atom. The van der Waals surface area contributed by atoms with Crippen molar-refractivity contribution in [3.8, 4) is 17.1 Å². The van der Waals surface area contributed by atoms with Gasteiger partial charge in [0.2, 0.25) is 5.88 Å². The van der Waals surface area contributed by atoms with Gasteiger partial charge >= 0.3 is 0 Å². The lowest BCUT2D eigenvalue weighted by Crippen LogP contribution is -2.26. The largest absolute Gasteiger partial charge is 0.473 e. The van der Waals surface area contributed by atoms with Crippen LogP contribution in [0.5, 0.6) is 5.88 Å². The monoisotopic (exact) mass is 401 g/mol. The number of amides is 1. The molecule has 0 radical (unpaired) electrons. The van der Waals surface area contributed by atoms with Gasteiger partial charge in [-0.15, -0.1) is 0 Å². The third kappa shape index (κ3) is 5.15. The predicted molar refractivity (Wildman–Crippen MR) is 101 cm³/mol. The predicted octanol–water partition coefficient (Wildman–Crippen LogP) is 2.32. The summed E-state index contributed by atoms with van der Waals surface area (Å²) in [6.07, 6.45) is 1.40. The molecule has 1 amide bonds. The lowest BCUT2D eigenvalue weighted by Gasteiger charge is -2.08. The van der Waals surface area contributed by atoms with E-state index in [1.165, 1.54) is 18.3 Å². The van der Waals surface area contributed by atoms with Crippen molar-refractivity contribution in [2.75, 3.05) is 20.3 Å². The van der Waals surface area contributed by atoms with Gasteiger partial charge in [-0.2, -0.15) is 0 Å². The number of hydrogen-bond donors (Lipinski definition) is 2. The van der Waals surface area contributed by atoms with Gasteiger partial charge in [0.1, 0.15) is 24.7 Å². The van der Waals surface area contributed by atoms with Crippen molar-refractivity contribution in [2.24, 2.45) is 0 Å². The van der Waals surface area contributed by atoms with E-state index in [1.54, 1.807) is 31.4 Å². The molecule has 0 saturated heterocycles. The maximum absolute atomic E-state index is 13.2. The molecule has 8 nitrogen and oxygen atoms in total. The first-order valence-electron chi connectivity index (χ1n) is 8.82. The molecule has 1 aromatic carbocycles. The van der Waals surface area contributed by atoms with Crippen LogP contribution >= 0.6 is 0 Å². The molecule has 0 spiro atoms. The fourth-order valence-electron chi connectivity index (χ4n) is 2.57. The number of hydrogen-bond acceptors (Lipinski definition) is 7. The summed E-state index contributed by atoms with van der Waals surface area (Å²) in [4.78, 5) is 16.1. The number of carbonyl (C=O) groups excluding carboxylic acids is 1. The molecular formula is C20H20FN3O5. The van der Waals surface area contributed by atoms with E-state index >= 15 is 0 Å². The molecule has 2 aromatic heterocycles. The number of aliphatic hydroxyl groups excluding tert-OH is 1. The van der Waals surface area contributed by atoms with Crippen LogP contribution < -0.4 is 10.1 Å². The van der Waals surface area contributed by atoms with Gasteiger partial charge in [-0.25, -0.2) is 9.37 Å². The highest BCUT2D eigenvalue weighted by Crippen LogP contribution is 2.27. The molecule has 0 aliphatic rings. The molecule has 0 aliphatic carbocycles. The van der Waals surface area contributed by atoms with E-state index in [-0.39, 0.29) is 36.6 Å². The molecule has 0 atom stereocenters. The number of ether oxygens (including phenoxy) is 2. The van der Waals surface area contributed by atoms with Crippen LogP contribution in [-0.2, 0) is 18.0 Å². The van der Waals surface area contributed by atoms with E-state index < -0.39 is 0 Å². The van der Waals surface area contributed by atoms with E-state index in [4.69, 9.17) is 14.0 Å². The fraction of sp³-hybridized carbons (Fsp3) is 0.250. The number of nitrogens with zero attached hydrogens (tertiary/aromatic N) is 2. The van der Waals surface area contributed by atoms with Crippen LogP contribution in [0.4, 0.5) is 4.39 Å². The first-order valence-corrected chi connectivity index (χ1v) is 8.82. The molecule has 0 aliphatic heterocycles. The van der Waals surface area contributed by atoms with Crippen molar-refractivity contribution in [2.45, 2.75) is 13.2 Å². The molecule has 3 rings (SSSR count). The maximum atomic E-state index is 13.2. The van der Waals surface area contributed by atoms with Gasteiger partial charge in [0.25, 0.3) is 5.91 Å². The van der Waals surface area contributed by atoms with E-state index in [9.17, 15) is 14.3 Å². The van der Waals surface area contributed by atoms with Crippen molar-refractivity contribution < 1.29 is 28.3 Å². The van der Waals surface area contributed by atoms with Crippen LogP contribution in [-0.4, -0.2) is 41.4 Å². The third-order valence-electron chi connectivity index (χ3n) is 4.09. The topological polar surface area (TPSA) is 107 Å². The molecule has 0 unspecified atom stereocenters. The van der Waals surface area contributed by atoms with Gasteiger partial charge in [0, 0.05) is 31.5 Å². The van der Waals surface area contributed by atoms with Crippen molar-refractivity contribution >= 4 is 5.91 Å². The number of aliphatic hydroxyl groups is 1. The molecule has 9 heteroatoms. The van der Waals surface area contributed by atoms with Gasteiger partial charge in [-0.3, -0.25) is 4.79 Å². The summed E-state index contributed by atoms with van der Waals surface area (Å²) in [5.74, 6) is -0.0960. The molecule has 0 saturated carbocycles. The second-order valence-electron chi connectivity index (χ2n) is 6.02. The van der Waals surface area contributed by atoms with Crippen LogP contribution in [0.3, 0.4) is 0 Å². The summed E-state index contributed by atoms with van der Waals surface area (Å²) in [7, 11) is 1.55. The lowest BCUT2D eigenvalue weighted by molar-refractivity contribution is 0.0936. The summed E-state index contributed by atoms with van der Waals surface area (Å²) < 4.78 is 28.9. The number of methoxy groups -OCH3 is 1. The smallest absolute Gasteiger partial charge is 0.252 e. The summed E-state index contributed by atoms with van der Waals surface area (Å²) in [5.41, 5.74) is 2.00. The first kappa shape index (κ1) is 20.4. The molecule has 2 N–H and O–H groups in total. The Balaban J connectivity index is 1.69. The Hall–Kier alpha value is -3.30. The normalized spacial score (nSPS) is 10.7. The van der Waals surface area contributed by atoms with Gasteiger partial charge in [0.05, 0.1) is 17.7 Å². The SMILES string of the molecule is COCCNC(=O)c1ccc(OCc2c(-c3ccc(F)cc3)noc2CO)nc1. The van der Waals surface area contributed by atoms with Crippen LogP contribution in [0.1, 0.15) is 21.7 Å². The molecule has 29 heavy (non-hydrogen) atoms. The summed E-state index contributed by atoms with van der Waals surface area (Å²) in [6, 6.07) is 8.90. The van der Waals surface area contributed by atoms with E-state index in [0.29, 0.717) is 35.5 Å². The standard InChI is InChI=1S/C20H20FN3O5/c1-27-9-8-22-20(26)14-4-7-18(23-10-14)28-12-16-17(11-25)29-24-19(16)13-2-5-15(21)6-3-13/h2-7,10,25H,8-9,11-12H2,1H3,(H,22,26). The molecule has 0 fully saturated rings. The second-order valence-corrected chi connectivity index (χ2v) is 6.02. The van der Waals surface area contributed by atoms with Crippen molar-refractivity contribution in [3.05, 3.63) is 65.3 Å². The molecule has 2 heterocycles. The Kier molecular flexibility index (Phi) is 6.88. The molecule has 3 aromatic rings. The Morgan fingerprint density at radius 1 is 1.24 bits per heavy atom. The second kappa shape index (κ2) is 9.76. The van der Waals surface area contributed by atoms with Gasteiger partial charge in [-0.05, 0) is 30.3 Å². The molecule has 152 valence electrons. The number of benzene rings is 1. The van der Waals surface area contributed by atoms with Gasteiger partial charge in [-0.1, -0.05) is 5.16 Å². The average molecular weight is 401 g/mol. The number of carbonyl (C=O) groups is 1. The van der Waals surface area contributed by atoms with E-state index in [1.807, 2.05) is 0 Å². The zero-order chi connectivity index (χ0) is 20.6. The van der Waals surface area contributed by atoms with E-state index in [0.717, 1.165) is 0 Å². The molecular weight excluding hydrogens is 381 g/mol. The van der Waals surface area contributed by atoms with Gasteiger partial charge in [0.15, 0.2) is 5.76 Å². The van der Waals surface area contributed by atoms with Crippen molar-refractivity contribution in [1.82, 2.24) is 15.5 Å². The number of rotatable bonds is 9. The minimum Gasteiger partial charge on any atom is -0.473 e. The van der Waals surface area contributed by atoms with Gasteiger partial charge < -0.3 is 24.4 Å².